The van der Waals surface area contributed by atoms with Gasteiger partial charge in [-0.3, -0.25) is 67.9 Å². The van der Waals surface area contributed by atoms with E-state index in [0.29, 0.717) is 96.3 Å². The van der Waals surface area contributed by atoms with Gasteiger partial charge in [-0.05, 0) is 125 Å². The van der Waals surface area contributed by atoms with Crippen molar-refractivity contribution in [2.75, 3.05) is 72.6 Å². The first-order valence-electron chi connectivity index (χ1n) is 48.1. The van der Waals surface area contributed by atoms with E-state index in [9.17, 15) is 89.8 Å². The Morgan fingerprint density at radius 3 is 1.09 bits per heavy atom. The van der Waals surface area contributed by atoms with Crippen LogP contribution in [0.1, 0.15) is 191 Å². The molecule has 148 heavy (non-hydrogen) atoms. The van der Waals surface area contributed by atoms with E-state index in [0.717, 1.165) is 78.5 Å². The second-order valence-corrected chi connectivity index (χ2v) is 36.7. The third-order valence-corrected chi connectivity index (χ3v) is 24.8. The number of nitrogens with zero attached hydrogens (tertiary/aromatic N) is 9. The van der Waals surface area contributed by atoms with Gasteiger partial charge in [-0.1, -0.05) is 181 Å². The van der Waals surface area contributed by atoms with Crippen LogP contribution in [0.25, 0.3) is 0 Å². The van der Waals surface area contributed by atoms with Gasteiger partial charge in [0.2, 0.25) is 21.7 Å². The number of hydrogen-bond donors (Lipinski definition) is 4. The van der Waals surface area contributed by atoms with Gasteiger partial charge in [-0.15, -0.1) is 0 Å². The molecule has 6 aliphatic heterocycles. The fraction of sp³-hybridized carbons (Fsp3) is 0.342. The van der Waals surface area contributed by atoms with Crippen molar-refractivity contribution in [2.24, 2.45) is 29.2 Å². The third-order valence-electron chi connectivity index (χ3n) is 24.8. The van der Waals surface area contributed by atoms with Crippen LogP contribution in [0.5, 0.6) is 23.0 Å². The Morgan fingerprint density at radius 2 is 0.750 bits per heavy atom. The van der Waals surface area contributed by atoms with E-state index >= 15 is 0 Å². The van der Waals surface area contributed by atoms with Crippen LogP contribution in [0.4, 0.5) is 17.6 Å². The van der Waals surface area contributed by atoms with Crippen LogP contribution in [-0.2, 0) is 106 Å². The average molecular weight is 2130 g/mol. The maximum atomic E-state index is 13.7. The number of carbonyl (C=O) groups is 10. The Hall–Kier alpha value is -14.4. The number of Topliss-reactive ketones (excluding diaryl/α,β-unsaturated/α-hetero) is 4. The number of amides is 3. The molecule has 790 valence electrons. The van der Waals surface area contributed by atoms with Crippen LogP contribution in [0.2, 0.25) is 0 Å². The maximum Gasteiger partial charge on any atom is 0.358 e. The number of nitrogens with one attached hydrogen (secondary N) is 1. The smallest absolute Gasteiger partial charge is 0.358 e. The summed E-state index contributed by atoms with van der Waals surface area (Å²) < 4.78 is 81.1. The molecular weight excluding hydrogens is 2010 g/mol. The van der Waals surface area contributed by atoms with Gasteiger partial charge in [0.1, 0.15) is 74.2 Å². The third kappa shape index (κ3) is 30.2. The largest absolute Gasteiger partial charge is 1.00 e. The fourth-order valence-corrected chi connectivity index (χ4v) is 17.5. The summed E-state index contributed by atoms with van der Waals surface area (Å²) in [5.41, 5.74) is 12.4. The number of pyridine rings is 4. The molecule has 0 aliphatic carbocycles. The van der Waals surface area contributed by atoms with Gasteiger partial charge >= 0.3 is 5.97 Å². The predicted octanol–water partition coefficient (Wildman–Crippen LogP) is 9.97. The van der Waals surface area contributed by atoms with E-state index < -0.39 is 45.0 Å². The molecule has 3 unspecified atom stereocenters. The first kappa shape index (κ1) is 117. The van der Waals surface area contributed by atoms with Gasteiger partial charge in [-0.25, -0.2) is 22.4 Å². The van der Waals surface area contributed by atoms with Crippen molar-refractivity contribution in [3.05, 3.63) is 368 Å². The number of aromatic hydroxyl groups is 1. The summed E-state index contributed by atoms with van der Waals surface area (Å²) in [4.78, 5) is 188. The topological polar surface area (TPSA) is 396 Å². The van der Waals surface area contributed by atoms with Crippen molar-refractivity contribution in [2.45, 2.75) is 157 Å². The number of rotatable bonds is 34. The fourth-order valence-electron chi connectivity index (χ4n) is 17.5. The standard InChI is InChI=1S/C30H32FN3O4.C26H24FN3O4.C25H22FNO6.C23H26FN3O4.C4H8O.C2H8N2.CH3.FH.Pd.H2/c1-20(2)16-32-14-15-34-26(32)18-33-17-24(25(35)13-10-21-8-11-23(31)12-9-21)28(36)29(27(33)30(34)37)38-19-22-6-4-3-5-7-22;27-19-9-6-17(7-10-19)8-11-21(31)20-14-29-15-22-28-12-13-30(22)26(33)23(29)25(24(20)32)34-16-18-4-2-1-3-5-18;1-32-25(31)22-24(33-16-18-5-3-2-4-6-18)23(30)20(15-27(22)13-14-28)21(29)12-9-17-7-10-19(26)11-8-17;1-14(2)11-25-9-10-27-19(25)13-26-12-17(21(29)22(30)20(26)23(27)31)18(28)8-5-15-3-6-16(24)7-4-15;1-4(2)3-5;3-1-2-4;;;;/h3-9,11-12,17,20,26H,10,13-16,18-19H2,1-2H3;1-7,9-10,14,22,28H,8,11-13,15-16H2;2-8,10-11,14-15H,9,12-13,16H2,1H3;3-4,6-7,12,14,19,30H,5,8-11,13H2,1-2H3;3-4H,1-2H3;1-4H2;1H3;1H;;1H/q;;;;;;-1;;;/p-1. The Labute approximate surface area is 869 Å². The minimum atomic E-state index is -0.873. The first-order valence-corrected chi connectivity index (χ1v) is 48.1. The molecule has 6 N–H and O–H groups in total. The van der Waals surface area contributed by atoms with E-state index in [2.05, 4.69) is 42.8 Å². The first-order chi connectivity index (χ1) is 69.7. The number of fused-ring (bicyclic) bond motifs is 6. The number of benzene rings is 7. The van der Waals surface area contributed by atoms with Crippen molar-refractivity contribution in [3.63, 3.8) is 0 Å². The summed E-state index contributed by atoms with van der Waals surface area (Å²) in [7, 11) is 1.14. The molecule has 6 aliphatic rings. The molecule has 4 aromatic heterocycles. The number of methoxy groups -OCH3 is 1. The number of nitrogens with two attached hydrogens (primary N) is 2. The Bertz CT molecular complexity index is 6710. The average Bonchev–Trinajstić information content (AvgIpc) is 1.66. The van der Waals surface area contributed by atoms with Crippen molar-refractivity contribution >= 4 is 59.4 Å². The minimum Gasteiger partial charge on any atom is -1.00 e. The molecule has 0 bridgehead atoms. The number of ketones is 4. The monoisotopic (exact) mass is 2130 g/mol. The van der Waals surface area contributed by atoms with Gasteiger partial charge in [0.15, 0.2) is 68.9 Å². The Kier molecular flexibility index (Phi) is 44.2. The molecule has 37 heteroatoms. The molecule has 7 aromatic carbocycles. The van der Waals surface area contributed by atoms with E-state index in [1.165, 1.54) is 77.9 Å². The number of aromatic nitrogens is 4. The zero-order chi connectivity index (χ0) is 104. The molecule has 31 nitrogen and oxygen atoms in total. The van der Waals surface area contributed by atoms with Crippen LogP contribution < -0.4 is 57.4 Å². The van der Waals surface area contributed by atoms with E-state index in [1.807, 2.05) is 85.5 Å². The summed E-state index contributed by atoms with van der Waals surface area (Å²) in [6.07, 6.45) is 8.11. The number of aldehydes is 2. The Balaban J connectivity index is 0.000000234. The molecule has 17 rings (SSSR count). The van der Waals surface area contributed by atoms with Gasteiger partial charge in [-0.2, -0.15) is 0 Å². The minimum absolute atomic E-state index is 0. The number of carbonyl (C=O) groups excluding carboxylic acids is 10. The second-order valence-electron chi connectivity index (χ2n) is 36.7. The summed E-state index contributed by atoms with van der Waals surface area (Å²) in [6, 6.07) is 51.1. The summed E-state index contributed by atoms with van der Waals surface area (Å²) in [6.45, 7) is 20.1. The van der Waals surface area contributed by atoms with Crippen LogP contribution in [0.15, 0.2) is 232 Å². The van der Waals surface area contributed by atoms with Gasteiger partial charge in [0.05, 0.1) is 55.5 Å². The van der Waals surface area contributed by atoms with E-state index in [4.69, 9.17) is 30.4 Å². The van der Waals surface area contributed by atoms with Crippen molar-refractivity contribution in [3.8, 4) is 23.0 Å². The summed E-state index contributed by atoms with van der Waals surface area (Å²) in [5.74, 6) is -4.94. The van der Waals surface area contributed by atoms with Crippen LogP contribution in [0.3, 0.4) is 0 Å². The number of halogens is 5. The molecule has 3 amide bonds. The summed E-state index contributed by atoms with van der Waals surface area (Å²) in [5, 5.41) is 13.8. The molecule has 0 radical (unpaired) electrons. The van der Waals surface area contributed by atoms with Crippen molar-refractivity contribution in [1.29, 1.82) is 0 Å². The molecule has 0 spiro atoms. The molecule has 0 saturated carbocycles. The van der Waals surface area contributed by atoms with Crippen LogP contribution >= 0.6 is 0 Å². The SMILES string of the molecule is CC(C)C=O.CC(C)CN1CCN2C(=O)c3c(O)c(=O)c(C(=O)CCc4ccc(F)cc4)cn3CC12.CC(C)CN1CCN2C(=O)c3c(OCc4ccccc4)c(=O)c(C(=O)CCc4ccc(F)cc4)cn3CC12.COC(=O)c1c(OCc2ccccc2)c(=O)c(C(=O)CCc2ccc(F)cc2)cn1CC=O.NCCN.O=C(CCc1ccc(F)cc1)c1cn2c(c(OCc3ccccc3)c1=O)C(=O)N1CCNC1C2.[CH3-].[F-].[HH].[Pd]. The zero-order valence-electron chi connectivity index (χ0n) is 83.7. The number of aryl methyl sites for hydroxylation is 4. The molecule has 10 heterocycles. The molecule has 3 saturated heterocycles. The van der Waals surface area contributed by atoms with Crippen LogP contribution in [0, 0.1) is 48.4 Å². The zero-order valence-corrected chi connectivity index (χ0v) is 85.2. The van der Waals surface area contributed by atoms with E-state index in [-0.39, 0.29) is 232 Å². The Morgan fingerprint density at radius 1 is 0.432 bits per heavy atom. The number of esters is 1. The van der Waals surface area contributed by atoms with Gasteiger partial charge < -0.3 is 90.2 Å². The molecule has 3 fully saturated rings. The van der Waals surface area contributed by atoms with Gasteiger partial charge in [0, 0.05) is 144 Å². The quantitative estimate of drug-likeness (QED) is 0.00727. The second kappa shape index (κ2) is 55.9. The van der Waals surface area contributed by atoms with Crippen molar-refractivity contribution in [1.82, 2.24) is 48.1 Å². The molecule has 3 atom stereocenters. The predicted molar refractivity (Wildman–Crippen MR) is 543 cm³/mol. The number of ether oxygens (including phenoxy) is 4. The van der Waals surface area contributed by atoms with E-state index in [1.54, 1.807) is 96.3 Å². The van der Waals surface area contributed by atoms with Gasteiger partial charge in [0.25, 0.3) is 17.7 Å². The van der Waals surface area contributed by atoms with Crippen molar-refractivity contribution < 1.29 is 116 Å². The summed E-state index contributed by atoms with van der Waals surface area (Å²) >= 11 is 0. The normalized spacial score (nSPS) is 14.9. The molecular formula is C111H125F5N12O19Pd-2. The maximum absolute atomic E-state index is 13.7. The number of hydrogen-bond acceptors (Lipinski definition) is 24. The van der Waals surface area contributed by atoms with Crippen LogP contribution in [-0.4, -0.2) is 198 Å². The molecule has 11 aromatic rings.